The van der Waals surface area contributed by atoms with Crippen LogP contribution in [0.5, 0.6) is 0 Å². The van der Waals surface area contributed by atoms with Crippen molar-refractivity contribution in [2.24, 2.45) is 0 Å². The van der Waals surface area contributed by atoms with Crippen molar-refractivity contribution >= 4 is 23.1 Å². The predicted octanol–water partition coefficient (Wildman–Crippen LogP) is 8.05. The molecule has 2 aliphatic rings. The Balaban J connectivity index is 0.000000266. The Morgan fingerprint density at radius 1 is 0.667 bits per heavy atom. The summed E-state index contributed by atoms with van der Waals surface area (Å²) in [5, 5.41) is 27.9. The first-order valence-corrected chi connectivity index (χ1v) is 15.4. The number of aliphatic hydroxyl groups excluding tert-OH is 2. The number of ether oxygens (including phenoxy) is 1. The summed E-state index contributed by atoms with van der Waals surface area (Å²) in [6.07, 6.45) is 0.616. The van der Waals surface area contributed by atoms with Gasteiger partial charge < -0.3 is 20.1 Å². The lowest BCUT2D eigenvalue weighted by Gasteiger charge is -2.21. The number of rotatable bonds is 10. The second-order valence-corrected chi connectivity index (χ2v) is 11.8. The number of aliphatic carboxylic acids is 1. The number of benzene rings is 3. The van der Waals surface area contributed by atoms with Gasteiger partial charge >= 0.3 is 11.9 Å². The molecule has 0 aromatic heterocycles. The van der Waals surface area contributed by atoms with Crippen molar-refractivity contribution in [2.45, 2.75) is 89.5 Å². The largest absolute Gasteiger partial charge is 0.479 e. The number of hydrogen-bond donors (Lipinski definition) is 3. The number of halogens is 4. The van der Waals surface area contributed by atoms with Crippen molar-refractivity contribution < 1.29 is 47.2 Å². The molecule has 0 fully saturated rings. The van der Waals surface area contributed by atoms with Crippen LogP contribution < -0.4 is 0 Å². The Morgan fingerprint density at radius 2 is 1.10 bits per heavy atom. The second kappa shape index (κ2) is 17.2. The molecule has 10 heteroatoms. The molecule has 0 spiro atoms. The fourth-order valence-corrected chi connectivity index (χ4v) is 5.26. The number of carboxylic acids is 1. The molecule has 0 aliphatic heterocycles. The third-order valence-corrected chi connectivity index (χ3v) is 8.10. The van der Waals surface area contributed by atoms with Gasteiger partial charge in [-0.15, -0.1) is 0 Å². The van der Waals surface area contributed by atoms with E-state index in [1.165, 1.54) is 0 Å². The van der Waals surface area contributed by atoms with Crippen LogP contribution in [0.2, 0.25) is 0 Å². The number of aliphatic hydroxyl groups is 2. The maximum Gasteiger partial charge on any atom is 0.335 e. The molecule has 6 nitrogen and oxygen atoms in total. The van der Waals surface area contributed by atoms with Crippen LogP contribution in [0.4, 0.5) is 17.6 Å². The van der Waals surface area contributed by atoms with Gasteiger partial charge in [0.1, 0.15) is 6.61 Å². The molecule has 0 bridgehead atoms. The topological polar surface area (TPSA) is 104 Å². The zero-order valence-corrected chi connectivity index (χ0v) is 25.8. The van der Waals surface area contributed by atoms with E-state index in [4.69, 9.17) is 9.84 Å². The zero-order valence-electron chi connectivity index (χ0n) is 25.8. The average molecular weight is 671 g/mol. The Labute approximate surface area is 278 Å². The second-order valence-electron chi connectivity index (χ2n) is 11.8. The Hall–Kier alpha value is -4.28. The molecule has 0 saturated carbocycles. The maximum absolute atomic E-state index is 13.2. The molecule has 2 atom stereocenters. The highest BCUT2D eigenvalue weighted by molar-refractivity contribution is 5.75. The number of esters is 1. The number of alkyl halides is 4. The molecular weight excluding hydrogens is 628 g/mol. The highest BCUT2D eigenvalue weighted by atomic mass is 19.3. The zero-order chi connectivity index (χ0) is 34.0. The van der Waals surface area contributed by atoms with Gasteiger partial charge in [-0.3, -0.25) is 0 Å². The number of hydrogen-bond acceptors (Lipinski definition) is 5. The van der Waals surface area contributed by atoms with Crippen molar-refractivity contribution in [2.75, 3.05) is 0 Å². The minimum absolute atomic E-state index is 0. The van der Waals surface area contributed by atoms with Gasteiger partial charge in [0.05, 0.1) is 0 Å². The molecule has 0 amide bonds. The maximum atomic E-state index is 13.2. The van der Waals surface area contributed by atoms with E-state index in [0.717, 1.165) is 33.4 Å². The van der Waals surface area contributed by atoms with Gasteiger partial charge in [0.15, 0.2) is 12.2 Å². The minimum atomic E-state index is -2.60. The van der Waals surface area contributed by atoms with Gasteiger partial charge in [0, 0.05) is 38.5 Å². The smallest absolute Gasteiger partial charge is 0.335 e. The average Bonchev–Trinajstić information content (AvgIpc) is 3.05. The van der Waals surface area contributed by atoms with Gasteiger partial charge in [-0.1, -0.05) is 98.4 Å². The number of carbonyl (C=O) groups is 2. The van der Waals surface area contributed by atoms with Gasteiger partial charge in [0.25, 0.3) is 11.8 Å². The normalized spacial score (nSPS) is 17.6. The summed E-state index contributed by atoms with van der Waals surface area (Å²) in [6.45, 7) is 0.120. The fraction of sp³-hybridized carbons (Fsp3) is 0.368. The molecule has 5 rings (SSSR count). The molecule has 48 heavy (non-hydrogen) atoms. The SMILES string of the molecule is C.O=C(O)[C@H](O)Cc1ccc(C2=CCC(F)(F)CC2)cc1.O=C(OCc1ccccc1)[C@H](O)Cc1ccc(C2=CCC(F)(F)CC2)cc1. The first-order chi connectivity index (χ1) is 22.3. The van der Waals surface area contributed by atoms with E-state index < -0.39 is 36.0 Å². The monoisotopic (exact) mass is 670 g/mol. The molecule has 0 saturated heterocycles. The molecule has 3 N–H and O–H groups in total. The van der Waals surface area contributed by atoms with E-state index >= 15 is 0 Å². The minimum Gasteiger partial charge on any atom is -0.479 e. The molecule has 3 aromatic rings. The highest BCUT2D eigenvalue weighted by Gasteiger charge is 2.32. The molecule has 2 aliphatic carbocycles. The summed E-state index contributed by atoms with van der Waals surface area (Å²) in [6, 6.07) is 23.5. The summed E-state index contributed by atoms with van der Waals surface area (Å²) >= 11 is 0. The highest BCUT2D eigenvalue weighted by Crippen LogP contribution is 2.37. The summed E-state index contributed by atoms with van der Waals surface area (Å²) in [5.41, 5.74) is 5.91. The molecule has 0 unspecified atom stereocenters. The van der Waals surface area contributed by atoms with Crippen molar-refractivity contribution in [3.63, 3.8) is 0 Å². The fourth-order valence-electron chi connectivity index (χ4n) is 5.26. The quantitative estimate of drug-likeness (QED) is 0.149. The Morgan fingerprint density at radius 3 is 1.50 bits per heavy atom. The van der Waals surface area contributed by atoms with Gasteiger partial charge in [-0.2, -0.15) is 0 Å². The van der Waals surface area contributed by atoms with Crippen LogP contribution in [-0.4, -0.2) is 51.3 Å². The standard InChI is InChI=1S/C22H22F2O3.C15H16F2O3.CH4/c23-22(24)12-10-19(11-13-22)18-8-6-16(7-9-18)14-20(25)21(26)27-15-17-4-2-1-3-5-17;16-15(17)7-5-12(6-8-15)11-3-1-10(2-4-11)9-13(18)14(19)20;/h1-10,20,25H,11-15H2;1-5,13,18H,6-9H2,(H,19,20);1H4/t20-;13-;/m11./s1. The van der Waals surface area contributed by atoms with Gasteiger partial charge in [-0.25, -0.2) is 27.2 Å². The Bertz CT molecular complexity index is 1550. The van der Waals surface area contributed by atoms with Crippen LogP contribution in [0.3, 0.4) is 0 Å². The lowest BCUT2D eigenvalue weighted by molar-refractivity contribution is -0.154. The summed E-state index contributed by atoms with van der Waals surface area (Å²) < 4.78 is 57.7. The predicted molar refractivity (Wildman–Crippen MR) is 176 cm³/mol. The van der Waals surface area contributed by atoms with E-state index in [9.17, 15) is 37.4 Å². The lowest BCUT2D eigenvalue weighted by atomic mass is 9.91. The summed E-state index contributed by atoms with van der Waals surface area (Å²) in [7, 11) is 0. The molecule has 0 radical (unpaired) electrons. The van der Waals surface area contributed by atoms with E-state index in [-0.39, 0.29) is 52.6 Å². The molecule has 258 valence electrons. The van der Waals surface area contributed by atoms with Gasteiger partial charge in [0.2, 0.25) is 0 Å². The lowest BCUT2D eigenvalue weighted by Crippen LogP contribution is -2.25. The van der Waals surface area contributed by atoms with Crippen molar-refractivity contribution in [3.8, 4) is 0 Å². The number of allylic oxidation sites excluding steroid dienone is 4. The summed E-state index contributed by atoms with van der Waals surface area (Å²) in [4.78, 5) is 22.5. The van der Waals surface area contributed by atoms with E-state index in [2.05, 4.69) is 0 Å². The molecule has 0 heterocycles. The van der Waals surface area contributed by atoms with Crippen LogP contribution in [0.25, 0.3) is 11.1 Å². The van der Waals surface area contributed by atoms with Crippen LogP contribution in [-0.2, 0) is 33.8 Å². The first-order valence-electron chi connectivity index (χ1n) is 15.4. The number of carbonyl (C=O) groups excluding carboxylic acids is 1. The van der Waals surface area contributed by atoms with Crippen molar-refractivity contribution in [1.29, 1.82) is 0 Å². The van der Waals surface area contributed by atoms with Crippen LogP contribution in [0.1, 0.15) is 73.8 Å². The third-order valence-electron chi connectivity index (χ3n) is 8.10. The van der Waals surface area contributed by atoms with Gasteiger partial charge in [-0.05, 0) is 51.8 Å². The van der Waals surface area contributed by atoms with Crippen molar-refractivity contribution in [1.82, 2.24) is 0 Å². The third kappa shape index (κ3) is 11.8. The van der Waals surface area contributed by atoms with Crippen LogP contribution >= 0.6 is 0 Å². The van der Waals surface area contributed by atoms with E-state index in [1.807, 2.05) is 42.5 Å². The van der Waals surface area contributed by atoms with E-state index in [1.54, 1.807) is 48.6 Å². The summed E-state index contributed by atoms with van der Waals surface area (Å²) in [5.74, 6) is -7.13. The molecular formula is C38H42F4O6. The van der Waals surface area contributed by atoms with Crippen LogP contribution in [0.15, 0.2) is 91.0 Å². The van der Waals surface area contributed by atoms with Crippen molar-refractivity contribution in [3.05, 3.63) is 119 Å². The molecule has 3 aromatic carbocycles. The Kier molecular flexibility index (Phi) is 13.7. The van der Waals surface area contributed by atoms with E-state index in [0.29, 0.717) is 18.4 Å². The first kappa shape index (κ1) is 38.2. The van der Waals surface area contributed by atoms with Crippen LogP contribution in [0, 0.1) is 0 Å². The number of carboxylic acid groups (broad SMARTS) is 1.